The van der Waals surface area contributed by atoms with E-state index in [9.17, 15) is 0 Å². The molecule has 5 nitrogen and oxygen atoms in total. The molecule has 15 heavy (non-hydrogen) atoms. The molecule has 1 aromatic heterocycles. The van der Waals surface area contributed by atoms with Crippen LogP contribution in [0.4, 0.5) is 0 Å². The molecule has 0 amide bonds. The summed E-state index contributed by atoms with van der Waals surface area (Å²) in [4.78, 5) is 4.14. The van der Waals surface area contributed by atoms with Crippen LogP contribution in [-0.2, 0) is 11.3 Å². The molecular weight excluding hydrogens is 194 g/mol. The lowest BCUT2D eigenvalue weighted by molar-refractivity contribution is 0.178. The second-order valence-corrected chi connectivity index (χ2v) is 4.02. The van der Waals surface area contributed by atoms with Crippen LogP contribution in [0.5, 0.6) is 0 Å². The van der Waals surface area contributed by atoms with Gasteiger partial charge in [-0.15, -0.1) is 0 Å². The van der Waals surface area contributed by atoms with Gasteiger partial charge in [0, 0.05) is 19.6 Å². The van der Waals surface area contributed by atoms with Gasteiger partial charge in [0.05, 0.1) is 13.2 Å². The summed E-state index contributed by atoms with van der Waals surface area (Å²) < 4.78 is 10.2. The first kappa shape index (κ1) is 10.6. The van der Waals surface area contributed by atoms with Gasteiger partial charge in [-0.05, 0) is 19.3 Å². The van der Waals surface area contributed by atoms with Gasteiger partial charge < -0.3 is 14.6 Å². The zero-order valence-corrected chi connectivity index (χ0v) is 9.19. The van der Waals surface area contributed by atoms with Gasteiger partial charge in [0.2, 0.25) is 5.89 Å². The SMILES string of the molecule is Cc1nc(CNC(C)C2CCOC2)no1. The van der Waals surface area contributed by atoms with E-state index in [1.54, 1.807) is 6.92 Å². The highest BCUT2D eigenvalue weighted by molar-refractivity contribution is 4.85. The molecule has 2 rings (SSSR count). The van der Waals surface area contributed by atoms with Crippen molar-refractivity contribution in [3.8, 4) is 0 Å². The van der Waals surface area contributed by atoms with Gasteiger partial charge in [-0.1, -0.05) is 5.16 Å². The molecule has 0 aliphatic carbocycles. The molecule has 1 saturated heterocycles. The fourth-order valence-corrected chi connectivity index (χ4v) is 1.78. The fourth-order valence-electron chi connectivity index (χ4n) is 1.78. The predicted octanol–water partition coefficient (Wildman–Crippen LogP) is 0.893. The largest absolute Gasteiger partial charge is 0.381 e. The highest BCUT2D eigenvalue weighted by Gasteiger charge is 2.22. The van der Waals surface area contributed by atoms with E-state index < -0.39 is 0 Å². The summed E-state index contributed by atoms with van der Waals surface area (Å²) in [5.74, 6) is 1.94. The van der Waals surface area contributed by atoms with Crippen LogP contribution < -0.4 is 5.32 Å². The van der Waals surface area contributed by atoms with Crippen molar-refractivity contribution in [2.45, 2.75) is 32.9 Å². The van der Waals surface area contributed by atoms with Crippen LogP contribution in [0.3, 0.4) is 0 Å². The molecule has 0 aromatic carbocycles. The number of nitrogens with one attached hydrogen (secondary N) is 1. The number of aryl methyl sites for hydroxylation is 1. The molecule has 2 heterocycles. The van der Waals surface area contributed by atoms with Crippen LogP contribution in [0.15, 0.2) is 4.52 Å². The highest BCUT2D eigenvalue weighted by Crippen LogP contribution is 2.16. The minimum atomic E-state index is 0.436. The topological polar surface area (TPSA) is 60.2 Å². The van der Waals surface area contributed by atoms with Gasteiger partial charge in [-0.3, -0.25) is 0 Å². The Morgan fingerprint density at radius 3 is 3.07 bits per heavy atom. The monoisotopic (exact) mass is 211 g/mol. The number of nitrogens with zero attached hydrogens (tertiary/aromatic N) is 2. The van der Waals surface area contributed by atoms with Gasteiger partial charge >= 0.3 is 0 Å². The number of ether oxygens (including phenoxy) is 1. The molecule has 0 spiro atoms. The maximum Gasteiger partial charge on any atom is 0.223 e. The Kier molecular flexibility index (Phi) is 3.33. The molecule has 5 heteroatoms. The summed E-state index contributed by atoms with van der Waals surface area (Å²) in [7, 11) is 0. The molecule has 1 N–H and O–H groups in total. The van der Waals surface area contributed by atoms with Crippen molar-refractivity contribution < 1.29 is 9.26 Å². The third-order valence-electron chi connectivity index (χ3n) is 2.82. The van der Waals surface area contributed by atoms with Crippen molar-refractivity contribution >= 4 is 0 Å². The minimum absolute atomic E-state index is 0.436. The van der Waals surface area contributed by atoms with E-state index in [0.29, 0.717) is 24.4 Å². The third kappa shape index (κ3) is 2.76. The number of aromatic nitrogens is 2. The minimum Gasteiger partial charge on any atom is -0.381 e. The quantitative estimate of drug-likeness (QED) is 0.801. The molecule has 84 valence electrons. The lowest BCUT2D eigenvalue weighted by atomic mass is 10.0. The van der Waals surface area contributed by atoms with Crippen LogP contribution >= 0.6 is 0 Å². The fraction of sp³-hybridized carbons (Fsp3) is 0.800. The number of rotatable bonds is 4. The third-order valence-corrected chi connectivity index (χ3v) is 2.82. The first-order valence-corrected chi connectivity index (χ1v) is 5.36. The van der Waals surface area contributed by atoms with Crippen LogP contribution in [0.25, 0.3) is 0 Å². The van der Waals surface area contributed by atoms with Crippen molar-refractivity contribution in [1.82, 2.24) is 15.5 Å². The lowest BCUT2D eigenvalue weighted by Crippen LogP contribution is -2.33. The predicted molar refractivity (Wildman–Crippen MR) is 54.3 cm³/mol. The Morgan fingerprint density at radius 1 is 1.60 bits per heavy atom. The summed E-state index contributed by atoms with van der Waals surface area (Å²) in [6.07, 6.45) is 1.14. The van der Waals surface area contributed by atoms with E-state index in [1.165, 1.54) is 0 Å². The molecule has 1 fully saturated rings. The highest BCUT2D eigenvalue weighted by atomic mass is 16.5. The molecule has 0 bridgehead atoms. The molecule has 1 aliphatic heterocycles. The van der Waals surface area contributed by atoms with E-state index in [2.05, 4.69) is 22.4 Å². The Morgan fingerprint density at radius 2 is 2.47 bits per heavy atom. The van der Waals surface area contributed by atoms with Crippen LogP contribution in [0.1, 0.15) is 25.1 Å². The Labute approximate surface area is 89.2 Å². The molecule has 0 radical (unpaired) electrons. The Hall–Kier alpha value is -0.940. The first-order chi connectivity index (χ1) is 7.25. The zero-order chi connectivity index (χ0) is 10.7. The molecule has 2 unspecified atom stereocenters. The number of hydrogen-bond acceptors (Lipinski definition) is 5. The smallest absolute Gasteiger partial charge is 0.223 e. The zero-order valence-electron chi connectivity index (χ0n) is 9.19. The van der Waals surface area contributed by atoms with Crippen molar-refractivity contribution in [3.05, 3.63) is 11.7 Å². The van der Waals surface area contributed by atoms with Gasteiger partial charge in [0.1, 0.15) is 0 Å². The summed E-state index contributed by atoms with van der Waals surface area (Å²) >= 11 is 0. The first-order valence-electron chi connectivity index (χ1n) is 5.36. The molecule has 1 aromatic rings. The summed E-state index contributed by atoms with van der Waals surface area (Å²) in [6.45, 7) is 6.38. The van der Waals surface area contributed by atoms with Crippen molar-refractivity contribution in [2.24, 2.45) is 5.92 Å². The van der Waals surface area contributed by atoms with Crippen LogP contribution in [0, 0.1) is 12.8 Å². The molecule has 2 atom stereocenters. The standard InChI is InChI=1S/C10H17N3O2/c1-7(9-3-4-14-6-9)11-5-10-12-8(2)15-13-10/h7,9,11H,3-6H2,1-2H3. The average Bonchev–Trinajstić information content (AvgIpc) is 2.84. The van der Waals surface area contributed by atoms with Gasteiger partial charge in [-0.25, -0.2) is 0 Å². The Balaban J connectivity index is 1.77. The van der Waals surface area contributed by atoms with E-state index in [4.69, 9.17) is 9.26 Å². The van der Waals surface area contributed by atoms with E-state index in [-0.39, 0.29) is 0 Å². The second-order valence-electron chi connectivity index (χ2n) is 4.02. The molecule has 0 saturated carbocycles. The maximum absolute atomic E-state index is 5.34. The van der Waals surface area contributed by atoms with E-state index in [1.807, 2.05) is 0 Å². The van der Waals surface area contributed by atoms with Gasteiger partial charge in [0.25, 0.3) is 0 Å². The van der Waals surface area contributed by atoms with E-state index in [0.717, 1.165) is 25.5 Å². The second kappa shape index (κ2) is 4.72. The maximum atomic E-state index is 5.34. The van der Waals surface area contributed by atoms with Crippen LogP contribution in [0.2, 0.25) is 0 Å². The Bertz CT molecular complexity index is 307. The van der Waals surface area contributed by atoms with Crippen molar-refractivity contribution in [3.63, 3.8) is 0 Å². The molecular formula is C10H17N3O2. The summed E-state index contributed by atoms with van der Waals surface area (Å²) in [5.41, 5.74) is 0. The number of hydrogen-bond donors (Lipinski definition) is 1. The summed E-state index contributed by atoms with van der Waals surface area (Å²) in [6, 6.07) is 0.436. The van der Waals surface area contributed by atoms with E-state index >= 15 is 0 Å². The summed E-state index contributed by atoms with van der Waals surface area (Å²) in [5, 5.41) is 7.22. The van der Waals surface area contributed by atoms with Crippen molar-refractivity contribution in [1.29, 1.82) is 0 Å². The van der Waals surface area contributed by atoms with Gasteiger partial charge in [0.15, 0.2) is 5.82 Å². The molecule has 1 aliphatic rings. The van der Waals surface area contributed by atoms with Crippen molar-refractivity contribution in [2.75, 3.05) is 13.2 Å². The van der Waals surface area contributed by atoms with Gasteiger partial charge in [-0.2, -0.15) is 4.98 Å². The normalized spacial score (nSPS) is 23.2. The average molecular weight is 211 g/mol. The van der Waals surface area contributed by atoms with Crippen LogP contribution in [-0.4, -0.2) is 29.4 Å². The lowest BCUT2D eigenvalue weighted by Gasteiger charge is -2.17.